The molecule has 0 saturated heterocycles. The van der Waals surface area contributed by atoms with Crippen molar-refractivity contribution in [2.24, 2.45) is 0 Å². The van der Waals surface area contributed by atoms with Crippen molar-refractivity contribution in [2.45, 2.75) is 26.3 Å². The molecule has 0 aliphatic carbocycles. The average molecular weight is 323 g/mol. The quantitative estimate of drug-likeness (QED) is 0.740. The minimum absolute atomic E-state index is 0.0139. The van der Waals surface area contributed by atoms with Crippen LogP contribution in [-0.4, -0.2) is 37.5 Å². The lowest BCUT2D eigenvalue weighted by atomic mass is 10.1. The highest BCUT2D eigenvalue weighted by molar-refractivity contribution is 5.98. The third kappa shape index (κ3) is 2.20. The van der Waals surface area contributed by atoms with E-state index in [0.29, 0.717) is 29.5 Å². The molecule has 1 aromatic carbocycles. The highest BCUT2D eigenvalue weighted by Gasteiger charge is 2.27. The van der Waals surface area contributed by atoms with Crippen LogP contribution >= 0.6 is 0 Å². The van der Waals surface area contributed by atoms with Crippen LogP contribution in [0.1, 0.15) is 35.3 Å². The molecule has 0 N–H and O–H groups in total. The van der Waals surface area contributed by atoms with Crippen molar-refractivity contribution >= 4 is 5.91 Å². The van der Waals surface area contributed by atoms with Crippen LogP contribution in [0.4, 0.5) is 0 Å². The second kappa shape index (κ2) is 5.59. The number of carbonyl (C=O) groups excluding carboxylic acids is 1. The summed E-state index contributed by atoms with van der Waals surface area (Å²) in [5, 5.41) is 4.05. The van der Waals surface area contributed by atoms with Gasteiger partial charge in [-0.1, -0.05) is 24.2 Å². The molecule has 122 valence electrons. The van der Waals surface area contributed by atoms with E-state index in [-0.39, 0.29) is 5.91 Å². The molecule has 1 amide bonds. The fourth-order valence-electron chi connectivity index (χ4n) is 2.95. The molecule has 3 heterocycles. The maximum atomic E-state index is 12.6. The molecule has 1 aliphatic heterocycles. The summed E-state index contributed by atoms with van der Waals surface area (Å²) in [7, 11) is 1.78. The standard InChI is InChI=1S/C17H17N5O2/c1-3-6-14-19-16(20-24-14)15-13-9-21(2)17(23)11-7-4-5-8-12(11)22(13)10-18-15/h4-5,7-8,10H,3,6,9H2,1-2H3. The molecule has 2 aromatic heterocycles. The van der Waals surface area contributed by atoms with Gasteiger partial charge in [-0.05, 0) is 18.6 Å². The van der Waals surface area contributed by atoms with Crippen LogP contribution in [0.5, 0.6) is 0 Å². The van der Waals surface area contributed by atoms with Gasteiger partial charge in [0.1, 0.15) is 12.0 Å². The number of fused-ring (bicyclic) bond motifs is 3. The lowest BCUT2D eigenvalue weighted by Crippen LogP contribution is -2.25. The van der Waals surface area contributed by atoms with E-state index in [0.717, 1.165) is 24.2 Å². The molecular formula is C17H17N5O2. The number of benzene rings is 1. The zero-order chi connectivity index (χ0) is 16.7. The summed E-state index contributed by atoms with van der Waals surface area (Å²) >= 11 is 0. The zero-order valence-corrected chi connectivity index (χ0v) is 13.6. The largest absolute Gasteiger partial charge is 0.339 e. The normalized spacial score (nSPS) is 13.6. The number of amides is 1. The van der Waals surface area contributed by atoms with Gasteiger partial charge in [0.05, 0.1) is 23.5 Å². The lowest BCUT2D eigenvalue weighted by molar-refractivity contribution is 0.0788. The van der Waals surface area contributed by atoms with E-state index in [1.807, 2.05) is 28.8 Å². The molecule has 3 aromatic rings. The highest BCUT2D eigenvalue weighted by atomic mass is 16.5. The van der Waals surface area contributed by atoms with E-state index in [4.69, 9.17) is 4.52 Å². The Kier molecular flexibility index (Phi) is 3.41. The van der Waals surface area contributed by atoms with Crippen molar-refractivity contribution in [2.75, 3.05) is 7.05 Å². The number of imidazole rings is 1. The fourth-order valence-corrected chi connectivity index (χ4v) is 2.95. The molecule has 7 heteroatoms. The first-order chi connectivity index (χ1) is 11.7. The third-order valence-electron chi connectivity index (χ3n) is 4.14. The van der Waals surface area contributed by atoms with Gasteiger partial charge in [0.25, 0.3) is 5.91 Å². The number of para-hydroxylation sites is 1. The number of aryl methyl sites for hydroxylation is 1. The van der Waals surface area contributed by atoms with Gasteiger partial charge in [-0.3, -0.25) is 9.36 Å². The molecule has 4 rings (SSSR count). The molecule has 0 unspecified atom stereocenters. The number of hydrogen-bond acceptors (Lipinski definition) is 5. The molecule has 0 radical (unpaired) electrons. The number of nitrogens with zero attached hydrogens (tertiary/aromatic N) is 5. The Morgan fingerprint density at radius 2 is 2.12 bits per heavy atom. The lowest BCUT2D eigenvalue weighted by Gasteiger charge is -2.14. The zero-order valence-electron chi connectivity index (χ0n) is 13.6. The summed E-state index contributed by atoms with van der Waals surface area (Å²) in [4.78, 5) is 23.2. The van der Waals surface area contributed by atoms with Crippen LogP contribution in [-0.2, 0) is 13.0 Å². The van der Waals surface area contributed by atoms with Crippen molar-refractivity contribution in [3.8, 4) is 17.2 Å². The van der Waals surface area contributed by atoms with Gasteiger partial charge in [-0.15, -0.1) is 0 Å². The first-order valence-electron chi connectivity index (χ1n) is 7.93. The minimum atomic E-state index is -0.0139. The third-order valence-corrected chi connectivity index (χ3v) is 4.14. The maximum Gasteiger partial charge on any atom is 0.256 e. The number of hydrogen-bond donors (Lipinski definition) is 0. The Morgan fingerprint density at radius 1 is 1.29 bits per heavy atom. The number of aromatic nitrogens is 4. The Hall–Kier alpha value is -2.96. The van der Waals surface area contributed by atoms with Crippen LogP contribution in [0.2, 0.25) is 0 Å². The SMILES string of the molecule is CCCc1nc(-c2ncn3c2CN(C)C(=O)c2ccccc2-3)no1. The van der Waals surface area contributed by atoms with Crippen molar-refractivity contribution in [1.82, 2.24) is 24.6 Å². The van der Waals surface area contributed by atoms with Gasteiger partial charge in [0.2, 0.25) is 11.7 Å². The number of carbonyl (C=O) groups is 1. The summed E-state index contributed by atoms with van der Waals surface area (Å²) in [5.74, 6) is 1.06. The predicted molar refractivity (Wildman–Crippen MR) is 86.6 cm³/mol. The van der Waals surface area contributed by atoms with E-state index >= 15 is 0 Å². The van der Waals surface area contributed by atoms with Crippen LogP contribution < -0.4 is 0 Å². The van der Waals surface area contributed by atoms with Crippen LogP contribution in [0.15, 0.2) is 35.1 Å². The first-order valence-corrected chi connectivity index (χ1v) is 7.93. The fraction of sp³-hybridized carbons (Fsp3) is 0.294. The summed E-state index contributed by atoms with van der Waals surface area (Å²) in [5.41, 5.74) is 3.00. The van der Waals surface area contributed by atoms with Gasteiger partial charge < -0.3 is 9.42 Å². The van der Waals surface area contributed by atoms with Crippen molar-refractivity contribution in [3.05, 3.63) is 47.7 Å². The second-order valence-electron chi connectivity index (χ2n) is 5.85. The molecule has 1 aliphatic rings. The molecule has 0 fully saturated rings. The average Bonchev–Trinajstić information content (AvgIpc) is 3.19. The smallest absolute Gasteiger partial charge is 0.256 e. The topological polar surface area (TPSA) is 77.1 Å². The van der Waals surface area contributed by atoms with Crippen LogP contribution in [0.25, 0.3) is 17.2 Å². The molecule has 0 saturated carbocycles. The first kappa shape index (κ1) is 14.6. The highest BCUT2D eigenvalue weighted by Crippen LogP contribution is 2.29. The summed E-state index contributed by atoms with van der Waals surface area (Å²) in [6.45, 7) is 2.49. The van der Waals surface area contributed by atoms with Gasteiger partial charge in [0.15, 0.2) is 0 Å². The van der Waals surface area contributed by atoms with E-state index in [2.05, 4.69) is 22.0 Å². The van der Waals surface area contributed by atoms with E-state index in [1.54, 1.807) is 18.3 Å². The maximum absolute atomic E-state index is 12.6. The monoisotopic (exact) mass is 323 g/mol. The minimum Gasteiger partial charge on any atom is -0.339 e. The van der Waals surface area contributed by atoms with Gasteiger partial charge in [0, 0.05) is 13.5 Å². The molecular weight excluding hydrogens is 306 g/mol. The molecule has 0 atom stereocenters. The summed E-state index contributed by atoms with van der Waals surface area (Å²) in [6.07, 6.45) is 3.39. The van der Waals surface area contributed by atoms with Gasteiger partial charge >= 0.3 is 0 Å². The van der Waals surface area contributed by atoms with Crippen molar-refractivity contribution in [1.29, 1.82) is 0 Å². The van der Waals surface area contributed by atoms with E-state index < -0.39 is 0 Å². The van der Waals surface area contributed by atoms with Crippen LogP contribution in [0.3, 0.4) is 0 Å². The predicted octanol–water partition coefficient (Wildman–Crippen LogP) is 2.46. The van der Waals surface area contributed by atoms with Gasteiger partial charge in [-0.25, -0.2) is 4.98 Å². The second-order valence-corrected chi connectivity index (χ2v) is 5.85. The number of rotatable bonds is 3. The van der Waals surface area contributed by atoms with Crippen molar-refractivity contribution < 1.29 is 9.32 Å². The Balaban J connectivity index is 1.86. The Bertz CT molecular complexity index is 911. The van der Waals surface area contributed by atoms with Gasteiger partial charge in [-0.2, -0.15) is 4.98 Å². The summed E-state index contributed by atoms with van der Waals surface area (Å²) in [6, 6.07) is 7.52. The molecule has 0 bridgehead atoms. The van der Waals surface area contributed by atoms with Crippen molar-refractivity contribution in [3.63, 3.8) is 0 Å². The summed E-state index contributed by atoms with van der Waals surface area (Å²) < 4.78 is 7.21. The Labute approximate surface area is 138 Å². The van der Waals surface area contributed by atoms with E-state index in [9.17, 15) is 4.79 Å². The van der Waals surface area contributed by atoms with Crippen LogP contribution in [0, 0.1) is 0 Å². The molecule has 7 nitrogen and oxygen atoms in total. The molecule has 0 spiro atoms. The molecule has 24 heavy (non-hydrogen) atoms. The van der Waals surface area contributed by atoms with E-state index in [1.165, 1.54) is 0 Å². The Morgan fingerprint density at radius 3 is 2.96 bits per heavy atom.